The number of nitrogens with zero attached hydrogens (tertiary/aromatic N) is 3. The standard InChI is InChI=1S/C14H16N4O/c1-5-6-10-7-9(12(15)19)8-11-16-17-13(18(10)11)14(2,3)4/h7-8H,1-4H3,(H2,15,19). The molecule has 0 aliphatic rings. The Hall–Kier alpha value is -2.35. The monoisotopic (exact) mass is 256 g/mol. The van der Waals surface area contributed by atoms with Gasteiger partial charge in [-0.25, -0.2) is 0 Å². The van der Waals surface area contributed by atoms with Crippen LogP contribution in [0.15, 0.2) is 12.1 Å². The molecule has 5 nitrogen and oxygen atoms in total. The van der Waals surface area contributed by atoms with Crippen molar-refractivity contribution in [2.75, 3.05) is 0 Å². The molecule has 0 radical (unpaired) electrons. The highest BCUT2D eigenvalue weighted by Gasteiger charge is 2.23. The lowest BCUT2D eigenvalue weighted by Gasteiger charge is -2.16. The third-order valence-corrected chi connectivity index (χ3v) is 2.71. The normalized spacial score (nSPS) is 11.2. The Kier molecular flexibility index (Phi) is 3.03. The lowest BCUT2D eigenvalue weighted by Crippen LogP contribution is -2.18. The molecule has 2 aromatic heterocycles. The molecule has 0 aliphatic carbocycles. The van der Waals surface area contributed by atoms with Crippen molar-refractivity contribution in [3.63, 3.8) is 0 Å². The minimum Gasteiger partial charge on any atom is -0.366 e. The van der Waals surface area contributed by atoms with Crippen LogP contribution in [0, 0.1) is 11.8 Å². The topological polar surface area (TPSA) is 73.3 Å². The van der Waals surface area contributed by atoms with Crippen molar-refractivity contribution >= 4 is 11.6 Å². The summed E-state index contributed by atoms with van der Waals surface area (Å²) in [6.45, 7) is 7.89. The predicted octanol–water partition coefficient (Wildman–Crippen LogP) is 1.50. The van der Waals surface area contributed by atoms with Gasteiger partial charge in [0.25, 0.3) is 0 Å². The molecule has 5 heteroatoms. The lowest BCUT2D eigenvalue weighted by atomic mass is 9.95. The largest absolute Gasteiger partial charge is 0.366 e. The third kappa shape index (κ3) is 2.29. The van der Waals surface area contributed by atoms with E-state index in [1.165, 1.54) is 0 Å². The van der Waals surface area contributed by atoms with E-state index in [1.807, 2.05) is 4.40 Å². The number of carbonyl (C=O) groups excluding carboxylic acids is 1. The number of rotatable bonds is 1. The molecule has 0 atom stereocenters. The Morgan fingerprint density at radius 2 is 2.00 bits per heavy atom. The summed E-state index contributed by atoms with van der Waals surface area (Å²) in [5.74, 6) is 6.11. The molecule has 2 rings (SSSR count). The van der Waals surface area contributed by atoms with Crippen molar-refractivity contribution in [3.05, 3.63) is 29.2 Å². The molecule has 0 spiro atoms. The van der Waals surface area contributed by atoms with Crippen LogP contribution < -0.4 is 5.73 Å². The zero-order valence-electron chi connectivity index (χ0n) is 11.5. The molecule has 2 heterocycles. The smallest absolute Gasteiger partial charge is 0.248 e. The fourth-order valence-electron chi connectivity index (χ4n) is 1.87. The van der Waals surface area contributed by atoms with Crippen LogP contribution in [-0.2, 0) is 5.41 Å². The average Bonchev–Trinajstić information content (AvgIpc) is 2.72. The number of hydrogen-bond donors (Lipinski definition) is 1. The zero-order chi connectivity index (χ0) is 14.2. The van der Waals surface area contributed by atoms with Crippen molar-refractivity contribution < 1.29 is 4.79 Å². The molecule has 0 aliphatic heterocycles. The van der Waals surface area contributed by atoms with Gasteiger partial charge in [-0.15, -0.1) is 10.2 Å². The summed E-state index contributed by atoms with van der Waals surface area (Å²) in [5, 5.41) is 8.31. The number of aromatic nitrogens is 3. The van der Waals surface area contributed by atoms with E-state index in [0.717, 1.165) is 5.82 Å². The summed E-state index contributed by atoms with van der Waals surface area (Å²) >= 11 is 0. The maximum absolute atomic E-state index is 11.3. The van der Waals surface area contributed by atoms with Gasteiger partial charge in [0.15, 0.2) is 5.65 Å². The highest BCUT2D eigenvalue weighted by molar-refractivity contribution is 5.94. The van der Waals surface area contributed by atoms with Crippen LogP contribution in [0.3, 0.4) is 0 Å². The lowest BCUT2D eigenvalue weighted by molar-refractivity contribution is 0.1000. The molecule has 0 aromatic carbocycles. The Morgan fingerprint density at radius 3 is 2.53 bits per heavy atom. The number of nitrogens with two attached hydrogens (primary N) is 1. The van der Waals surface area contributed by atoms with Gasteiger partial charge in [-0.05, 0) is 25.0 Å². The first-order valence-electron chi connectivity index (χ1n) is 5.97. The van der Waals surface area contributed by atoms with E-state index in [0.29, 0.717) is 16.9 Å². The fourth-order valence-corrected chi connectivity index (χ4v) is 1.87. The van der Waals surface area contributed by atoms with Crippen LogP contribution in [0.25, 0.3) is 5.65 Å². The Morgan fingerprint density at radius 1 is 1.32 bits per heavy atom. The molecule has 19 heavy (non-hydrogen) atoms. The summed E-state index contributed by atoms with van der Waals surface area (Å²) in [6, 6.07) is 3.30. The number of fused-ring (bicyclic) bond motifs is 1. The quantitative estimate of drug-likeness (QED) is 0.786. The molecule has 98 valence electrons. The van der Waals surface area contributed by atoms with Gasteiger partial charge in [-0.2, -0.15) is 0 Å². The molecule has 0 unspecified atom stereocenters. The first kappa shape index (κ1) is 13.1. The van der Waals surface area contributed by atoms with E-state index in [2.05, 4.69) is 42.8 Å². The van der Waals surface area contributed by atoms with Gasteiger partial charge in [-0.3, -0.25) is 9.20 Å². The molecular formula is C14H16N4O. The average molecular weight is 256 g/mol. The van der Waals surface area contributed by atoms with Gasteiger partial charge in [0, 0.05) is 11.0 Å². The second kappa shape index (κ2) is 4.39. The number of amides is 1. The van der Waals surface area contributed by atoms with Crippen molar-refractivity contribution in [2.45, 2.75) is 33.1 Å². The third-order valence-electron chi connectivity index (χ3n) is 2.71. The van der Waals surface area contributed by atoms with Gasteiger partial charge >= 0.3 is 0 Å². The van der Waals surface area contributed by atoms with E-state index < -0.39 is 5.91 Å². The van der Waals surface area contributed by atoms with E-state index in [9.17, 15) is 4.79 Å². The molecular weight excluding hydrogens is 240 g/mol. The minimum atomic E-state index is -0.498. The second-order valence-corrected chi connectivity index (χ2v) is 5.34. The molecule has 1 amide bonds. The van der Waals surface area contributed by atoms with Crippen molar-refractivity contribution in [2.24, 2.45) is 5.73 Å². The minimum absolute atomic E-state index is 0.169. The summed E-state index contributed by atoms with van der Waals surface area (Å²) in [6.07, 6.45) is 0. The maximum atomic E-state index is 11.3. The number of carbonyl (C=O) groups is 1. The first-order chi connectivity index (χ1) is 8.84. The van der Waals surface area contributed by atoms with Crippen molar-refractivity contribution in [3.8, 4) is 11.8 Å². The Balaban J connectivity index is 2.85. The van der Waals surface area contributed by atoms with Gasteiger partial charge in [0.05, 0.1) is 0 Å². The zero-order valence-corrected chi connectivity index (χ0v) is 11.5. The maximum Gasteiger partial charge on any atom is 0.248 e. The van der Waals surface area contributed by atoms with Crippen LogP contribution in [-0.4, -0.2) is 20.5 Å². The highest BCUT2D eigenvalue weighted by Crippen LogP contribution is 2.23. The Bertz CT molecular complexity index is 711. The van der Waals surface area contributed by atoms with Crippen LogP contribution in [0.4, 0.5) is 0 Å². The first-order valence-corrected chi connectivity index (χ1v) is 5.97. The Labute approximate surface area is 111 Å². The number of pyridine rings is 1. The van der Waals surface area contributed by atoms with Gasteiger partial charge in [-0.1, -0.05) is 26.7 Å². The van der Waals surface area contributed by atoms with Crippen LogP contribution in [0.5, 0.6) is 0 Å². The number of primary amides is 1. The molecule has 0 fully saturated rings. The van der Waals surface area contributed by atoms with Crippen LogP contribution in [0.2, 0.25) is 0 Å². The highest BCUT2D eigenvalue weighted by atomic mass is 16.1. The van der Waals surface area contributed by atoms with Gasteiger partial charge in [0.1, 0.15) is 11.5 Å². The molecule has 0 bridgehead atoms. The van der Waals surface area contributed by atoms with Gasteiger partial charge < -0.3 is 5.73 Å². The molecule has 2 N–H and O–H groups in total. The van der Waals surface area contributed by atoms with E-state index in [4.69, 9.17) is 5.73 Å². The second-order valence-electron chi connectivity index (χ2n) is 5.34. The van der Waals surface area contributed by atoms with E-state index in [-0.39, 0.29) is 5.41 Å². The van der Waals surface area contributed by atoms with Crippen molar-refractivity contribution in [1.29, 1.82) is 0 Å². The number of hydrogen-bond acceptors (Lipinski definition) is 3. The van der Waals surface area contributed by atoms with Crippen LogP contribution in [0.1, 0.15) is 49.6 Å². The molecule has 2 aromatic rings. The summed E-state index contributed by atoms with van der Waals surface area (Å²) in [5.41, 5.74) is 6.79. The molecule has 0 saturated heterocycles. The van der Waals surface area contributed by atoms with E-state index in [1.54, 1.807) is 19.1 Å². The van der Waals surface area contributed by atoms with E-state index >= 15 is 0 Å². The summed E-state index contributed by atoms with van der Waals surface area (Å²) < 4.78 is 1.86. The predicted molar refractivity (Wildman–Crippen MR) is 72.8 cm³/mol. The van der Waals surface area contributed by atoms with Gasteiger partial charge in [0.2, 0.25) is 5.91 Å². The van der Waals surface area contributed by atoms with Crippen LogP contribution >= 0.6 is 0 Å². The molecule has 0 saturated carbocycles. The summed E-state index contributed by atoms with van der Waals surface area (Å²) in [7, 11) is 0. The fraction of sp³-hybridized carbons (Fsp3) is 0.357. The SMILES string of the molecule is CC#Cc1cc(C(N)=O)cc2nnc(C(C)(C)C)n12. The van der Waals surface area contributed by atoms with Crippen molar-refractivity contribution in [1.82, 2.24) is 14.6 Å². The summed E-state index contributed by atoms with van der Waals surface area (Å²) in [4.78, 5) is 11.3.